The Morgan fingerprint density at radius 1 is 0.941 bits per heavy atom. The van der Waals surface area contributed by atoms with Crippen LogP contribution in [0.5, 0.6) is 0 Å². The van der Waals surface area contributed by atoms with Crippen LogP contribution in [0.3, 0.4) is 0 Å². The quantitative estimate of drug-likeness (QED) is 0.414. The van der Waals surface area contributed by atoms with Crippen LogP contribution in [0.4, 0.5) is 17.5 Å². The molecule has 4 aliphatic rings. The van der Waals surface area contributed by atoms with Gasteiger partial charge in [-0.15, -0.1) is 5.10 Å². The van der Waals surface area contributed by atoms with Gasteiger partial charge in [0.25, 0.3) is 0 Å². The number of pyridine rings is 1. The van der Waals surface area contributed by atoms with Gasteiger partial charge in [0, 0.05) is 36.1 Å². The van der Waals surface area contributed by atoms with Gasteiger partial charge in [0.2, 0.25) is 0 Å². The number of fused-ring (bicyclic) bond motifs is 1. The summed E-state index contributed by atoms with van der Waals surface area (Å²) in [7, 11) is 0. The number of benzene rings is 1. The average Bonchev–Trinajstić information content (AvgIpc) is 3.20. The molecule has 4 aliphatic carbocycles. The molecular formula is C26H27N7O. The zero-order valence-electron chi connectivity index (χ0n) is 18.8. The van der Waals surface area contributed by atoms with Gasteiger partial charge in [-0.2, -0.15) is 0 Å². The minimum absolute atomic E-state index is 0.378. The van der Waals surface area contributed by atoms with Crippen molar-refractivity contribution in [2.24, 2.45) is 17.8 Å². The second-order valence-electron chi connectivity index (χ2n) is 10.3. The van der Waals surface area contributed by atoms with Crippen molar-refractivity contribution in [2.45, 2.75) is 43.7 Å². The van der Waals surface area contributed by atoms with Crippen molar-refractivity contribution in [1.29, 1.82) is 0 Å². The van der Waals surface area contributed by atoms with E-state index in [1.54, 1.807) is 18.6 Å². The predicted octanol–water partition coefficient (Wildman–Crippen LogP) is 4.31. The molecule has 0 saturated heterocycles. The van der Waals surface area contributed by atoms with Gasteiger partial charge in [-0.25, -0.2) is 14.6 Å². The molecule has 8 heteroatoms. The van der Waals surface area contributed by atoms with Crippen molar-refractivity contribution in [2.75, 3.05) is 10.6 Å². The van der Waals surface area contributed by atoms with Crippen LogP contribution < -0.4 is 10.6 Å². The highest BCUT2D eigenvalue weighted by atomic mass is 16.3. The van der Waals surface area contributed by atoms with Gasteiger partial charge in [0.1, 0.15) is 11.6 Å². The molecule has 3 N–H and O–H groups in total. The molecule has 1 aromatic carbocycles. The number of hydrogen-bond acceptors (Lipinski definition) is 7. The average molecular weight is 454 g/mol. The van der Waals surface area contributed by atoms with E-state index in [9.17, 15) is 5.11 Å². The maximum Gasteiger partial charge on any atom is 0.162 e. The van der Waals surface area contributed by atoms with Crippen molar-refractivity contribution in [3.05, 3.63) is 61.2 Å². The molecule has 0 spiro atoms. The predicted molar refractivity (Wildman–Crippen MR) is 130 cm³/mol. The summed E-state index contributed by atoms with van der Waals surface area (Å²) in [5, 5.41) is 23.8. The van der Waals surface area contributed by atoms with Crippen molar-refractivity contribution in [1.82, 2.24) is 24.7 Å². The maximum absolute atomic E-state index is 10.9. The van der Waals surface area contributed by atoms with E-state index in [0.717, 1.165) is 47.5 Å². The fourth-order valence-corrected chi connectivity index (χ4v) is 6.86. The normalized spacial score (nSPS) is 29.4. The summed E-state index contributed by atoms with van der Waals surface area (Å²) >= 11 is 0. The van der Waals surface area contributed by atoms with Crippen molar-refractivity contribution < 1.29 is 5.11 Å². The van der Waals surface area contributed by atoms with Crippen LogP contribution in [-0.2, 0) is 0 Å². The summed E-state index contributed by atoms with van der Waals surface area (Å²) in [5.41, 5.74) is 1.52. The van der Waals surface area contributed by atoms with Crippen LogP contribution in [0, 0.1) is 17.8 Å². The first-order chi connectivity index (χ1) is 16.6. The van der Waals surface area contributed by atoms with Crippen LogP contribution >= 0.6 is 0 Å². The van der Waals surface area contributed by atoms with Gasteiger partial charge in [0.15, 0.2) is 5.82 Å². The van der Waals surface area contributed by atoms with E-state index in [0.29, 0.717) is 29.6 Å². The Bertz CT molecular complexity index is 1340. The van der Waals surface area contributed by atoms with Crippen LogP contribution in [-0.4, -0.2) is 41.5 Å². The second-order valence-corrected chi connectivity index (χ2v) is 10.3. The Labute approximate surface area is 197 Å². The molecule has 34 heavy (non-hydrogen) atoms. The van der Waals surface area contributed by atoms with Crippen LogP contribution in [0.15, 0.2) is 61.2 Å². The summed E-state index contributed by atoms with van der Waals surface area (Å²) in [6, 6.07) is 12.6. The topological polar surface area (TPSA) is 101 Å². The van der Waals surface area contributed by atoms with Gasteiger partial charge in [-0.3, -0.25) is 4.98 Å². The SMILES string of the molecule is OC12CC3C[C@H](CC(C1)[C@@H]3Nc1cc(-n3nc(Nc4cnccn4)c4ccccc43)ccn1)C2. The fourth-order valence-electron chi connectivity index (χ4n) is 6.86. The first-order valence-electron chi connectivity index (χ1n) is 12.1. The summed E-state index contributed by atoms with van der Waals surface area (Å²) in [6.45, 7) is 0. The number of anilines is 3. The monoisotopic (exact) mass is 453 g/mol. The Morgan fingerprint density at radius 2 is 1.76 bits per heavy atom. The van der Waals surface area contributed by atoms with Gasteiger partial charge in [-0.05, 0) is 68.1 Å². The van der Waals surface area contributed by atoms with Gasteiger partial charge in [0.05, 0.1) is 23.0 Å². The molecule has 0 aliphatic heterocycles. The summed E-state index contributed by atoms with van der Waals surface area (Å²) in [4.78, 5) is 13.1. The molecule has 4 aromatic rings. The third-order valence-electron chi connectivity index (χ3n) is 7.94. The van der Waals surface area contributed by atoms with Gasteiger partial charge < -0.3 is 15.7 Å². The largest absolute Gasteiger partial charge is 0.390 e. The zero-order valence-corrected chi connectivity index (χ0v) is 18.8. The third kappa shape index (κ3) is 3.32. The molecule has 4 bridgehead atoms. The molecule has 4 fully saturated rings. The molecule has 2 atom stereocenters. The van der Waals surface area contributed by atoms with Crippen molar-refractivity contribution >= 4 is 28.4 Å². The lowest BCUT2D eigenvalue weighted by molar-refractivity contribution is -0.129. The van der Waals surface area contributed by atoms with E-state index in [1.807, 2.05) is 29.1 Å². The molecule has 172 valence electrons. The standard InChI is InChI=1S/C26H27N7O/c34-26-12-16-9-17(13-26)24(18(10-16)14-26)30-22-11-19(5-6-28-22)33-21-4-2-1-3-20(21)25(32-33)31-23-15-27-7-8-29-23/h1-8,11,15-18,24,34H,9-10,12-14H2,(H,28,30)(H,29,31,32)/t16-,17?,18?,24-,26?. The number of nitrogens with one attached hydrogen (secondary N) is 2. The van der Waals surface area contributed by atoms with Crippen LogP contribution in [0.2, 0.25) is 0 Å². The van der Waals surface area contributed by atoms with Crippen LogP contribution in [0.25, 0.3) is 16.6 Å². The summed E-state index contributed by atoms with van der Waals surface area (Å²) in [6.07, 6.45) is 12.1. The highest BCUT2D eigenvalue weighted by molar-refractivity contribution is 5.92. The molecule has 2 unspecified atom stereocenters. The smallest absolute Gasteiger partial charge is 0.162 e. The number of hydrogen-bond donors (Lipinski definition) is 3. The van der Waals surface area contributed by atoms with E-state index in [1.165, 1.54) is 12.8 Å². The van der Waals surface area contributed by atoms with E-state index < -0.39 is 5.60 Å². The van der Waals surface area contributed by atoms with E-state index in [-0.39, 0.29) is 0 Å². The molecule has 3 aromatic heterocycles. The summed E-state index contributed by atoms with van der Waals surface area (Å²) in [5.74, 6) is 3.99. The minimum Gasteiger partial charge on any atom is -0.390 e. The van der Waals surface area contributed by atoms with Crippen molar-refractivity contribution in [3.63, 3.8) is 0 Å². The lowest BCUT2D eigenvalue weighted by Crippen LogP contribution is -2.59. The molecule has 8 rings (SSSR count). The molecule has 3 heterocycles. The Morgan fingerprint density at radius 3 is 2.56 bits per heavy atom. The van der Waals surface area contributed by atoms with E-state index >= 15 is 0 Å². The first-order valence-corrected chi connectivity index (χ1v) is 12.1. The number of para-hydroxylation sites is 1. The number of nitrogens with zero attached hydrogens (tertiary/aromatic N) is 5. The highest BCUT2D eigenvalue weighted by Crippen LogP contribution is 2.56. The number of rotatable bonds is 5. The molecule has 8 nitrogen and oxygen atoms in total. The van der Waals surface area contributed by atoms with Gasteiger partial charge in [-0.1, -0.05) is 12.1 Å². The van der Waals surface area contributed by atoms with E-state index in [2.05, 4.69) is 43.8 Å². The Balaban J connectivity index is 1.20. The Kier molecular flexibility index (Phi) is 4.39. The molecular weight excluding hydrogens is 426 g/mol. The first kappa shape index (κ1) is 19.9. The number of aromatic nitrogens is 5. The summed E-state index contributed by atoms with van der Waals surface area (Å²) < 4.78 is 1.94. The van der Waals surface area contributed by atoms with Crippen LogP contribution in [0.1, 0.15) is 32.1 Å². The third-order valence-corrected chi connectivity index (χ3v) is 7.94. The highest BCUT2D eigenvalue weighted by Gasteiger charge is 2.54. The lowest BCUT2D eigenvalue weighted by atomic mass is 9.52. The lowest BCUT2D eigenvalue weighted by Gasteiger charge is -2.58. The van der Waals surface area contributed by atoms with E-state index in [4.69, 9.17) is 5.10 Å². The Hall–Kier alpha value is -3.52. The van der Waals surface area contributed by atoms with Gasteiger partial charge >= 0.3 is 0 Å². The maximum atomic E-state index is 10.9. The van der Waals surface area contributed by atoms with Crippen molar-refractivity contribution in [3.8, 4) is 5.69 Å². The zero-order chi connectivity index (χ0) is 22.7. The fraction of sp³-hybridized carbons (Fsp3) is 0.385. The molecule has 4 saturated carbocycles. The number of aliphatic hydroxyl groups is 1. The second kappa shape index (κ2) is 7.50. The minimum atomic E-state index is -0.426. The molecule has 0 radical (unpaired) electrons. The molecule has 0 amide bonds.